The molecule has 0 spiro atoms. The third-order valence-corrected chi connectivity index (χ3v) is 2.98. The standard InChI is InChI=1S/C12H10O3S/c1-2-16(13,14)15-12-9-5-7-10-6-3-4-8-11(10)12/h2-9H,1H2. The maximum atomic E-state index is 11.3. The summed E-state index contributed by atoms with van der Waals surface area (Å²) in [5.41, 5.74) is 0. The molecule has 0 saturated heterocycles. The molecule has 0 fully saturated rings. The van der Waals surface area contributed by atoms with Crippen LogP contribution < -0.4 is 4.18 Å². The van der Waals surface area contributed by atoms with Gasteiger partial charge < -0.3 is 4.18 Å². The monoisotopic (exact) mass is 234 g/mol. The van der Waals surface area contributed by atoms with E-state index in [0.717, 1.165) is 16.2 Å². The lowest BCUT2D eigenvalue weighted by Crippen LogP contribution is -2.04. The maximum absolute atomic E-state index is 11.3. The Morgan fingerprint density at radius 3 is 2.50 bits per heavy atom. The van der Waals surface area contributed by atoms with E-state index in [2.05, 4.69) is 6.58 Å². The van der Waals surface area contributed by atoms with Gasteiger partial charge in [0.05, 0.1) is 5.41 Å². The van der Waals surface area contributed by atoms with Crippen molar-refractivity contribution in [1.82, 2.24) is 0 Å². The van der Waals surface area contributed by atoms with E-state index in [1.54, 1.807) is 12.1 Å². The zero-order valence-electron chi connectivity index (χ0n) is 8.46. The number of hydrogen-bond acceptors (Lipinski definition) is 3. The van der Waals surface area contributed by atoms with E-state index in [1.165, 1.54) is 0 Å². The summed E-state index contributed by atoms with van der Waals surface area (Å²) in [5, 5.41) is 2.48. The highest BCUT2D eigenvalue weighted by molar-refractivity contribution is 7.90. The van der Waals surface area contributed by atoms with Gasteiger partial charge in [0.25, 0.3) is 0 Å². The second-order valence-corrected chi connectivity index (χ2v) is 4.71. The SMILES string of the molecule is C=CS(=O)(=O)Oc1cccc2ccccc12. The number of rotatable bonds is 3. The molecular weight excluding hydrogens is 224 g/mol. The highest BCUT2D eigenvalue weighted by Gasteiger charge is 2.09. The minimum Gasteiger partial charge on any atom is -0.379 e. The first kappa shape index (κ1) is 10.7. The lowest BCUT2D eigenvalue weighted by Gasteiger charge is -2.06. The molecule has 0 aliphatic rings. The van der Waals surface area contributed by atoms with Crippen LogP contribution in [-0.4, -0.2) is 8.42 Å². The summed E-state index contributed by atoms with van der Waals surface area (Å²) in [7, 11) is -3.70. The minimum atomic E-state index is -3.70. The molecule has 16 heavy (non-hydrogen) atoms. The molecule has 2 rings (SSSR count). The first-order valence-electron chi connectivity index (χ1n) is 4.67. The Bertz CT molecular complexity index is 624. The predicted octanol–water partition coefficient (Wildman–Crippen LogP) is 2.69. The fourth-order valence-electron chi connectivity index (χ4n) is 1.43. The molecule has 2 aromatic rings. The first-order chi connectivity index (χ1) is 7.62. The topological polar surface area (TPSA) is 43.4 Å². The van der Waals surface area contributed by atoms with Gasteiger partial charge in [0, 0.05) is 5.39 Å². The van der Waals surface area contributed by atoms with E-state index >= 15 is 0 Å². The third-order valence-electron chi connectivity index (χ3n) is 2.16. The van der Waals surface area contributed by atoms with Gasteiger partial charge in [-0.15, -0.1) is 0 Å². The van der Waals surface area contributed by atoms with Crippen molar-refractivity contribution in [2.24, 2.45) is 0 Å². The molecule has 0 unspecified atom stereocenters. The minimum absolute atomic E-state index is 0.318. The van der Waals surface area contributed by atoms with E-state index < -0.39 is 10.1 Å². The molecule has 0 aliphatic carbocycles. The van der Waals surface area contributed by atoms with Gasteiger partial charge >= 0.3 is 10.1 Å². The third kappa shape index (κ3) is 2.06. The van der Waals surface area contributed by atoms with Crippen LogP contribution >= 0.6 is 0 Å². The Labute approximate surface area is 94.1 Å². The van der Waals surface area contributed by atoms with Crippen LogP contribution in [0.5, 0.6) is 5.75 Å². The summed E-state index contributed by atoms with van der Waals surface area (Å²) in [6.45, 7) is 3.20. The zero-order valence-corrected chi connectivity index (χ0v) is 9.28. The largest absolute Gasteiger partial charge is 0.379 e. The van der Waals surface area contributed by atoms with E-state index in [0.29, 0.717) is 5.75 Å². The van der Waals surface area contributed by atoms with Crippen molar-refractivity contribution in [2.75, 3.05) is 0 Å². The van der Waals surface area contributed by atoms with Crippen LogP contribution in [0, 0.1) is 0 Å². The van der Waals surface area contributed by atoms with Crippen molar-refractivity contribution in [1.29, 1.82) is 0 Å². The molecule has 0 radical (unpaired) electrons. The van der Waals surface area contributed by atoms with Crippen molar-refractivity contribution in [2.45, 2.75) is 0 Å². The van der Waals surface area contributed by atoms with Crippen molar-refractivity contribution < 1.29 is 12.6 Å². The Balaban J connectivity index is 2.57. The molecular formula is C12H10O3S. The van der Waals surface area contributed by atoms with Crippen LogP contribution in [0.4, 0.5) is 0 Å². The summed E-state index contributed by atoms with van der Waals surface area (Å²) in [6, 6.07) is 12.7. The fourth-order valence-corrected chi connectivity index (χ4v) is 1.89. The van der Waals surface area contributed by atoms with Gasteiger partial charge in [-0.1, -0.05) is 43.0 Å². The van der Waals surface area contributed by atoms with Crippen LogP contribution in [0.1, 0.15) is 0 Å². The number of fused-ring (bicyclic) bond motifs is 1. The zero-order chi connectivity index (χ0) is 11.6. The molecule has 4 heteroatoms. The molecule has 0 aromatic heterocycles. The summed E-state index contributed by atoms with van der Waals surface area (Å²) in [5.74, 6) is 0.318. The first-order valence-corrected chi connectivity index (χ1v) is 6.14. The van der Waals surface area contributed by atoms with Crippen LogP contribution in [0.25, 0.3) is 10.8 Å². The highest BCUT2D eigenvalue weighted by Crippen LogP contribution is 2.26. The van der Waals surface area contributed by atoms with Crippen molar-refractivity contribution in [3.8, 4) is 5.75 Å². The summed E-state index contributed by atoms with van der Waals surface area (Å²) < 4.78 is 27.5. The number of hydrogen-bond donors (Lipinski definition) is 0. The van der Waals surface area contributed by atoms with E-state index in [4.69, 9.17) is 4.18 Å². The molecule has 0 heterocycles. The van der Waals surface area contributed by atoms with E-state index in [-0.39, 0.29) is 0 Å². The van der Waals surface area contributed by atoms with E-state index in [9.17, 15) is 8.42 Å². The van der Waals surface area contributed by atoms with Crippen LogP contribution in [0.3, 0.4) is 0 Å². The van der Waals surface area contributed by atoms with Crippen LogP contribution in [0.15, 0.2) is 54.5 Å². The van der Waals surface area contributed by atoms with Crippen LogP contribution in [0.2, 0.25) is 0 Å². The Morgan fingerprint density at radius 2 is 1.75 bits per heavy atom. The van der Waals surface area contributed by atoms with Crippen molar-refractivity contribution in [3.63, 3.8) is 0 Å². The van der Waals surface area contributed by atoms with Gasteiger partial charge in [0.15, 0.2) is 5.75 Å². The predicted molar refractivity (Wildman–Crippen MR) is 63.7 cm³/mol. The fraction of sp³-hybridized carbons (Fsp3) is 0. The van der Waals surface area contributed by atoms with Crippen molar-refractivity contribution >= 4 is 20.9 Å². The van der Waals surface area contributed by atoms with E-state index in [1.807, 2.05) is 30.3 Å². The molecule has 2 aromatic carbocycles. The molecule has 0 aliphatic heterocycles. The Kier molecular flexibility index (Phi) is 2.66. The molecule has 0 amide bonds. The highest BCUT2D eigenvalue weighted by atomic mass is 32.2. The average Bonchev–Trinajstić information content (AvgIpc) is 2.29. The molecule has 0 atom stereocenters. The van der Waals surface area contributed by atoms with Gasteiger partial charge in [-0.2, -0.15) is 8.42 Å². The summed E-state index contributed by atoms with van der Waals surface area (Å²) in [4.78, 5) is 0. The van der Waals surface area contributed by atoms with Gasteiger partial charge in [-0.05, 0) is 11.5 Å². The normalized spacial score (nSPS) is 11.2. The lowest BCUT2D eigenvalue weighted by atomic mass is 10.1. The van der Waals surface area contributed by atoms with Crippen molar-refractivity contribution in [3.05, 3.63) is 54.5 Å². The second-order valence-electron chi connectivity index (χ2n) is 3.22. The van der Waals surface area contributed by atoms with Gasteiger partial charge in [0.2, 0.25) is 0 Å². The maximum Gasteiger partial charge on any atom is 0.331 e. The van der Waals surface area contributed by atoms with Gasteiger partial charge in [-0.25, -0.2) is 0 Å². The summed E-state index contributed by atoms with van der Waals surface area (Å²) >= 11 is 0. The quantitative estimate of drug-likeness (QED) is 0.767. The van der Waals surface area contributed by atoms with Gasteiger partial charge in [0.1, 0.15) is 0 Å². The average molecular weight is 234 g/mol. The molecule has 3 nitrogen and oxygen atoms in total. The van der Waals surface area contributed by atoms with Gasteiger partial charge in [-0.3, -0.25) is 0 Å². The molecule has 82 valence electrons. The summed E-state index contributed by atoms with van der Waals surface area (Å²) in [6.07, 6.45) is 0. The molecule has 0 N–H and O–H groups in total. The Morgan fingerprint density at radius 1 is 1.06 bits per heavy atom. The van der Waals surface area contributed by atoms with Crippen LogP contribution in [-0.2, 0) is 10.1 Å². The Hall–Kier alpha value is -1.81. The molecule has 0 saturated carbocycles. The number of benzene rings is 2. The lowest BCUT2D eigenvalue weighted by molar-refractivity contribution is 0.499. The smallest absolute Gasteiger partial charge is 0.331 e. The molecule has 0 bridgehead atoms. The second kappa shape index (κ2) is 3.98.